The first-order valence-corrected chi connectivity index (χ1v) is 7.83. The third kappa shape index (κ3) is 4.99. The highest BCUT2D eigenvalue weighted by atomic mass is 16.5. The van der Waals surface area contributed by atoms with Crippen LogP contribution in [-0.4, -0.2) is 12.5 Å². The average Bonchev–Trinajstić information content (AvgIpc) is 2.58. The Kier molecular flexibility index (Phi) is 5.98. The average molecular weight is 309 g/mol. The molecule has 23 heavy (non-hydrogen) atoms. The van der Waals surface area contributed by atoms with Gasteiger partial charge >= 0.3 is 0 Å². The molecule has 1 unspecified atom stereocenters. The van der Waals surface area contributed by atoms with Gasteiger partial charge in [0, 0.05) is 5.56 Å². The van der Waals surface area contributed by atoms with Crippen LogP contribution in [0.3, 0.4) is 0 Å². The van der Waals surface area contributed by atoms with Gasteiger partial charge in [-0.3, -0.25) is 4.79 Å². The number of rotatable bonds is 7. The second-order valence-electron chi connectivity index (χ2n) is 5.62. The molecule has 0 aliphatic rings. The van der Waals surface area contributed by atoms with Crippen molar-refractivity contribution in [2.24, 2.45) is 0 Å². The number of hydrogen-bond acceptors (Lipinski definition) is 2. The zero-order chi connectivity index (χ0) is 16.7. The SMILES string of the molecule is C=C(C)COc1cccc(C(=O)NC(CC)c2ccccc2)c1. The van der Waals surface area contributed by atoms with Gasteiger partial charge in [-0.25, -0.2) is 0 Å². The monoisotopic (exact) mass is 309 g/mol. The van der Waals surface area contributed by atoms with Crippen LogP contribution in [0.5, 0.6) is 5.75 Å². The summed E-state index contributed by atoms with van der Waals surface area (Å²) in [5.41, 5.74) is 2.65. The molecule has 0 aliphatic carbocycles. The molecular formula is C20H23NO2. The Morgan fingerprint density at radius 1 is 1.17 bits per heavy atom. The van der Waals surface area contributed by atoms with E-state index in [4.69, 9.17) is 4.74 Å². The first-order chi connectivity index (χ1) is 11.1. The molecule has 2 rings (SSSR count). The first kappa shape index (κ1) is 16.8. The van der Waals surface area contributed by atoms with E-state index in [1.54, 1.807) is 12.1 Å². The summed E-state index contributed by atoms with van der Waals surface area (Å²) in [7, 11) is 0. The smallest absolute Gasteiger partial charge is 0.251 e. The molecule has 3 nitrogen and oxygen atoms in total. The van der Waals surface area contributed by atoms with E-state index >= 15 is 0 Å². The maximum absolute atomic E-state index is 12.5. The van der Waals surface area contributed by atoms with Gasteiger partial charge in [0.05, 0.1) is 6.04 Å². The Morgan fingerprint density at radius 3 is 2.57 bits per heavy atom. The van der Waals surface area contributed by atoms with Gasteiger partial charge in [-0.1, -0.05) is 49.9 Å². The van der Waals surface area contributed by atoms with Crippen LogP contribution in [0, 0.1) is 0 Å². The fraction of sp³-hybridized carbons (Fsp3) is 0.250. The van der Waals surface area contributed by atoms with Crippen LogP contribution < -0.4 is 10.1 Å². The largest absolute Gasteiger partial charge is 0.489 e. The number of amides is 1. The third-order valence-electron chi connectivity index (χ3n) is 3.50. The molecule has 0 bridgehead atoms. The van der Waals surface area contributed by atoms with Crippen molar-refractivity contribution in [2.45, 2.75) is 26.3 Å². The highest BCUT2D eigenvalue weighted by molar-refractivity contribution is 5.94. The minimum Gasteiger partial charge on any atom is -0.489 e. The summed E-state index contributed by atoms with van der Waals surface area (Å²) in [5, 5.41) is 3.08. The number of carbonyl (C=O) groups excluding carboxylic acids is 1. The maximum Gasteiger partial charge on any atom is 0.251 e. The van der Waals surface area contributed by atoms with Crippen LogP contribution in [0.4, 0.5) is 0 Å². The lowest BCUT2D eigenvalue weighted by Crippen LogP contribution is -2.28. The molecule has 0 saturated carbocycles. The van der Waals surface area contributed by atoms with E-state index in [-0.39, 0.29) is 11.9 Å². The van der Waals surface area contributed by atoms with E-state index < -0.39 is 0 Å². The zero-order valence-electron chi connectivity index (χ0n) is 13.7. The van der Waals surface area contributed by atoms with Crippen molar-refractivity contribution < 1.29 is 9.53 Å². The van der Waals surface area contributed by atoms with E-state index in [0.717, 1.165) is 17.6 Å². The molecule has 0 heterocycles. The van der Waals surface area contributed by atoms with Crippen LogP contribution in [0.15, 0.2) is 66.7 Å². The van der Waals surface area contributed by atoms with E-state index in [9.17, 15) is 4.79 Å². The van der Waals surface area contributed by atoms with Crippen molar-refractivity contribution in [1.82, 2.24) is 5.32 Å². The van der Waals surface area contributed by atoms with Crippen LogP contribution >= 0.6 is 0 Å². The lowest BCUT2D eigenvalue weighted by Gasteiger charge is -2.17. The van der Waals surface area contributed by atoms with Crippen molar-refractivity contribution in [1.29, 1.82) is 0 Å². The zero-order valence-corrected chi connectivity index (χ0v) is 13.7. The topological polar surface area (TPSA) is 38.3 Å². The lowest BCUT2D eigenvalue weighted by molar-refractivity contribution is 0.0935. The summed E-state index contributed by atoms with van der Waals surface area (Å²) >= 11 is 0. The van der Waals surface area contributed by atoms with Crippen LogP contribution in [0.2, 0.25) is 0 Å². The van der Waals surface area contributed by atoms with Crippen molar-refractivity contribution in [3.05, 3.63) is 77.9 Å². The number of benzene rings is 2. The molecule has 3 heteroatoms. The molecule has 1 N–H and O–H groups in total. The van der Waals surface area contributed by atoms with Gasteiger partial charge in [0.2, 0.25) is 0 Å². The summed E-state index contributed by atoms with van der Waals surface area (Å²) in [6.07, 6.45) is 0.835. The second-order valence-corrected chi connectivity index (χ2v) is 5.62. The summed E-state index contributed by atoms with van der Waals surface area (Å²) in [4.78, 5) is 12.5. The Balaban J connectivity index is 2.07. The molecule has 0 aromatic heterocycles. The van der Waals surface area contributed by atoms with Crippen molar-refractivity contribution >= 4 is 5.91 Å². The summed E-state index contributed by atoms with van der Waals surface area (Å²) in [6.45, 7) is 8.22. The van der Waals surface area contributed by atoms with Gasteiger partial charge in [0.1, 0.15) is 12.4 Å². The fourth-order valence-corrected chi connectivity index (χ4v) is 2.28. The third-order valence-corrected chi connectivity index (χ3v) is 3.50. The molecule has 1 amide bonds. The minimum absolute atomic E-state index is 0.00342. The van der Waals surface area contributed by atoms with Crippen molar-refractivity contribution in [3.63, 3.8) is 0 Å². The first-order valence-electron chi connectivity index (χ1n) is 7.83. The lowest BCUT2D eigenvalue weighted by atomic mass is 10.0. The van der Waals surface area contributed by atoms with Crippen molar-refractivity contribution in [2.75, 3.05) is 6.61 Å². The Morgan fingerprint density at radius 2 is 1.91 bits per heavy atom. The standard InChI is InChI=1S/C20H23NO2/c1-4-19(16-9-6-5-7-10-16)21-20(22)17-11-8-12-18(13-17)23-14-15(2)3/h5-13,19H,2,4,14H2,1,3H3,(H,21,22). The number of ether oxygens (including phenoxy) is 1. The van der Waals surface area contributed by atoms with Crippen LogP contribution in [-0.2, 0) is 0 Å². The van der Waals surface area contributed by atoms with Gasteiger partial charge in [0.25, 0.3) is 5.91 Å². The minimum atomic E-state index is -0.0959. The molecule has 120 valence electrons. The molecule has 1 atom stereocenters. The number of nitrogens with one attached hydrogen (secondary N) is 1. The second kappa shape index (κ2) is 8.18. The highest BCUT2D eigenvalue weighted by Gasteiger charge is 2.14. The molecule has 2 aromatic rings. The van der Waals surface area contributed by atoms with Crippen molar-refractivity contribution in [3.8, 4) is 5.75 Å². The predicted octanol–water partition coefficient (Wildman–Crippen LogP) is 4.52. The predicted molar refractivity (Wildman–Crippen MR) is 93.7 cm³/mol. The fourth-order valence-electron chi connectivity index (χ4n) is 2.28. The van der Waals surface area contributed by atoms with E-state index in [1.807, 2.05) is 49.4 Å². The normalized spacial score (nSPS) is 11.6. The summed E-state index contributed by atoms with van der Waals surface area (Å²) in [6, 6.07) is 17.2. The molecular weight excluding hydrogens is 286 g/mol. The molecule has 0 spiro atoms. The van der Waals surface area contributed by atoms with Gasteiger partial charge in [0.15, 0.2) is 0 Å². The van der Waals surface area contributed by atoms with Gasteiger partial charge in [-0.05, 0) is 42.7 Å². The Hall–Kier alpha value is -2.55. The molecule has 2 aromatic carbocycles. The van der Waals surface area contributed by atoms with Crippen LogP contribution in [0.25, 0.3) is 0 Å². The van der Waals surface area contributed by atoms with Crippen LogP contribution in [0.1, 0.15) is 42.2 Å². The number of hydrogen-bond donors (Lipinski definition) is 1. The Labute approximate surface area is 138 Å². The Bertz CT molecular complexity index is 664. The van der Waals surface area contributed by atoms with E-state index in [1.165, 1.54) is 0 Å². The van der Waals surface area contributed by atoms with Gasteiger partial charge < -0.3 is 10.1 Å². The summed E-state index contributed by atoms with van der Waals surface area (Å²) < 4.78 is 5.59. The molecule has 0 saturated heterocycles. The highest BCUT2D eigenvalue weighted by Crippen LogP contribution is 2.18. The van der Waals surface area contributed by atoms with E-state index in [0.29, 0.717) is 17.9 Å². The molecule has 0 aliphatic heterocycles. The van der Waals surface area contributed by atoms with E-state index in [2.05, 4.69) is 18.8 Å². The van der Waals surface area contributed by atoms with Gasteiger partial charge in [-0.15, -0.1) is 0 Å². The van der Waals surface area contributed by atoms with Gasteiger partial charge in [-0.2, -0.15) is 0 Å². The quantitative estimate of drug-likeness (QED) is 0.764. The number of carbonyl (C=O) groups is 1. The molecule has 0 radical (unpaired) electrons. The molecule has 0 fully saturated rings. The summed E-state index contributed by atoms with van der Waals surface area (Å²) in [5.74, 6) is 0.579. The maximum atomic E-state index is 12.5.